The summed E-state index contributed by atoms with van der Waals surface area (Å²) < 4.78 is 32.7. The quantitative estimate of drug-likeness (QED) is 0.642. The Kier molecular flexibility index (Phi) is 6.19. The number of benzene rings is 3. The van der Waals surface area contributed by atoms with E-state index in [1.165, 1.54) is 19.2 Å². The highest BCUT2D eigenvalue weighted by Gasteiger charge is 2.27. The number of sulfonamides is 1. The van der Waals surface area contributed by atoms with Crippen LogP contribution in [-0.2, 0) is 14.8 Å². The Morgan fingerprint density at radius 1 is 0.966 bits per heavy atom. The van der Waals surface area contributed by atoms with Crippen LogP contribution in [0.25, 0.3) is 0 Å². The van der Waals surface area contributed by atoms with E-state index in [1.54, 1.807) is 48.5 Å². The van der Waals surface area contributed by atoms with Crippen LogP contribution < -0.4 is 14.4 Å². The second kappa shape index (κ2) is 8.79. The van der Waals surface area contributed by atoms with Crippen molar-refractivity contribution in [1.82, 2.24) is 0 Å². The van der Waals surface area contributed by atoms with Gasteiger partial charge in [0, 0.05) is 5.69 Å². The van der Waals surface area contributed by atoms with Crippen molar-refractivity contribution in [1.29, 1.82) is 0 Å². The number of amides is 1. The summed E-state index contributed by atoms with van der Waals surface area (Å²) in [7, 11) is -2.41. The molecule has 3 aromatic carbocycles. The highest BCUT2D eigenvalue weighted by molar-refractivity contribution is 7.92. The maximum absolute atomic E-state index is 13.2. The Morgan fingerprint density at radius 2 is 1.66 bits per heavy atom. The summed E-state index contributed by atoms with van der Waals surface area (Å²) in [5.41, 5.74) is 1.97. The van der Waals surface area contributed by atoms with Gasteiger partial charge >= 0.3 is 0 Å². The molecule has 0 radical (unpaired) electrons. The lowest BCUT2D eigenvalue weighted by molar-refractivity contribution is -0.114. The standard InChI is InChI=1S/C22H22N2O4S/c1-17-7-6-8-18(15-17)23-22(25)16-24(19-11-13-20(28-2)14-12-19)29(26,27)21-9-4-3-5-10-21/h3-15H,16H2,1-2H3,(H,23,25). The minimum atomic E-state index is -3.94. The fraction of sp³-hybridized carbons (Fsp3) is 0.136. The van der Waals surface area contributed by atoms with Crippen LogP contribution in [0.4, 0.5) is 11.4 Å². The number of aryl methyl sites for hydroxylation is 1. The molecule has 0 atom stereocenters. The van der Waals surface area contributed by atoms with Crippen molar-refractivity contribution in [3.63, 3.8) is 0 Å². The smallest absolute Gasteiger partial charge is 0.264 e. The van der Waals surface area contributed by atoms with Gasteiger partial charge in [-0.1, -0.05) is 30.3 Å². The molecule has 0 aliphatic heterocycles. The van der Waals surface area contributed by atoms with E-state index in [4.69, 9.17) is 4.74 Å². The van der Waals surface area contributed by atoms with Gasteiger partial charge < -0.3 is 10.1 Å². The predicted molar refractivity (Wildman–Crippen MR) is 114 cm³/mol. The van der Waals surface area contributed by atoms with E-state index >= 15 is 0 Å². The van der Waals surface area contributed by atoms with Crippen molar-refractivity contribution in [3.8, 4) is 5.75 Å². The number of ether oxygens (including phenoxy) is 1. The van der Waals surface area contributed by atoms with E-state index in [1.807, 2.05) is 25.1 Å². The summed E-state index contributed by atoms with van der Waals surface area (Å²) in [4.78, 5) is 12.8. The number of hydrogen-bond acceptors (Lipinski definition) is 4. The number of carbonyl (C=O) groups excluding carboxylic acids is 1. The number of anilines is 2. The van der Waals surface area contributed by atoms with Crippen LogP contribution in [0, 0.1) is 6.92 Å². The summed E-state index contributed by atoms with van der Waals surface area (Å²) in [5, 5.41) is 2.76. The Labute approximate surface area is 170 Å². The summed E-state index contributed by atoms with van der Waals surface area (Å²) >= 11 is 0. The molecule has 0 saturated carbocycles. The molecule has 29 heavy (non-hydrogen) atoms. The Balaban J connectivity index is 1.93. The van der Waals surface area contributed by atoms with E-state index in [9.17, 15) is 13.2 Å². The summed E-state index contributed by atoms with van der Waals surface area (Å²) in [5.74, 6) is 0.154. The van der Waals surface area contributed by atoms with Crippen LogP contribution in [0.15, 0.2) is 83.8 Å². The van der Waals surface area contributed by atoms with Gasteiger partial charge in [0.15, 0.2) is 0 Å². The summed E-state index contributed by atoms with van der Waals surface area (Å²) in [6, 6.07) is 21.9. The van der Waals surface area contributed by atoms with E-state index in [0.717, 1.165) is 9.87 Å². The molecule has 3 rings (SSSR count). The van der Waals surface area contributed by atoms with Crippen LogP contribution in [-0.4, -0.2) is 28.0 Å². The van der Waals surface area contributed by atoms with Gasteiger partial charge in [-0.15, -0.1) is 0 Å². The molecule has 150 valence electrons. The first-order chi connectivity index (χ1) is 13.9. The van der Waals surface area contributed by atoms with Crippen LogP contribution in [0.1, 0.15) is 5.56 Å². The van der Waals surface area contributed by atoms with Gasteiger partial charge in [0.2, 0.25) is 5.91 Å². The van der Waals surface area contributed by atoms with E-state index in [0.29, 0.717) is 17.1 Å². The zero-order valence-electron chi connectivity index (χ0n) is 16.2. The van der Waals surface area contributed by atoms with Crippen LogP contribution in [0.2, 0.25) is 0 Å². The molecule has 0 aromatic heterocycles. The SMILES string of the molecule is COc1ccc(N(CC(=O)Nc2cccc(C)c2)S(=O)(=O)c2ccccc2)cc1. The fourth-order valence-corrected chi connectivity index (χ4v) is 4.28. The first-order valence-electron chi connectivity index (χ1n) is 8.98. The zero-order valence-corrected chi connectivity index (χ0v) is 17.0. The molecule has 0 saturated heterocycles. The summed E-state index contributed by atoms with van der Waals surface area (Å²) in [6.07, 6.45) is 0. The number of nitrogens with one attached hydrogen (secondary N) is 1. The second-order valence-electron chi connectivity index (χ2n) is 6.44. The highest BCUT2D eigenvalue weighted by atomic mass is 32.2. The van der Waals surface area contributed by atoms with Gasteiger partial charge in [0.25, 0.3) is 10.0 Å². The lowest BCUT2D eigenvalue weighted by atomic mass is 10.2. The largest absolute Gasteiger partial charge is 0.497 e. The van der Waals surface area contributed by atoms with Gasteiger partial charge in [-0.25, -0.2) is 8.42 Å². The Hall–Kier alpha value is -3.32. The number of nitrogens with zero attached hydrogens (tertiary/aromatic N) is 1. The predicted octanol–water partition coefficient (Wildman–Crippen LogP) is 3.84. The molecule has 3 aromatic rings. The maximum Gasteiger partial charge on any atom is 0.264 e. The average molecular weight is 410 g/mol. The maximum atomic E-state index is 13.2. The summed E-state index contributed by atoms with van der Waals surface area (Å²) in [6.45, 7) is 1.55. The van der Waals surface area contributed by atoms with Crippen LogP contribution in [0.3, 0.4) is 0 Å². The van der Waals surface area contributed by atoms with Crippen molar-refractivity contribution < 1.29 is 17.9 Å². The molecule has 7 heteroatoms. The lowest BCUT2D eigenvalue weighted by Gasteiger charge is -2.24. The topological polar surface area (TPSA) is 75.7 Å². The van der Waals surface area contributed by atoms with Crippen molar-refractivity contribution in [2.75, 3.05) is 23.3 Å². The second-order valence-corrected chi connectivity index (χ2v) is 8.30. The van der Waals surface area contributed by atoms with Gasteiger partial charge in [-0.3, -0.25) is 9.10 Å². The molecular formula is C22H22N2O4S. The molecule has 0 bridgehead atoms. The van der Waals surface area contributed by atoms with Crippen molar-refractivity contribution in [3.05, 3.63) is 84.4 Å². The van der Waals surface area contributed by atoms with Gasteiger partial charge in [-0.2, -0.15) is 0 Å². The first-order valence-corrected chi connectivity index (χ1v) is 10.4. The first kappa shape index (κ1) is 20.4. The molecule has 0 spiro atoms. The normalized spacial score (nSPS) is 11.0. The van der Waals surface area contributed by atoms with Crippen LogP contribution in [0.5, 0.6) is 5.75 Å². The molecular weight excluding hydrogens is 388 g/mol. The Bertz CT molecular complexity index is 1080. The molecule has 6 nitrogen and oxygen atoms in total. The number of rotatable bonds is 7. The highest BCUT2D eigenvalue weighted by Crippen LogP contribution is 2.26. The molecule has 0 unspecified atom stereocenters. The van der Waals surface area contributed by atoms with Gasteiger partial charge in [0.1, 0.15) is 12.3 Å². The van der Waals surface area contributed by atoms with Crippen LogP contribution >= 0.6 is 0 Å². The van der Waals surface area contributed by atoms with Crippen molar-refractivity contribution in [2.24, 2.45) is 0 Å². The molecule has 0 aliphatic rings. The number of methoxy groups -OCH3 is 1. The monoisotopic (exact) mass is 410 g/mol. The number of carbonyl (C=O) groups is 1. The fourth-order valence-electron chi connectivity index (χ4n) is 2.84. The van der Waals surface area contributed by atoms with E-state index in [2.05, 4.69) is 5.32 Å². The lowest BCUT2D eigenvalue weighted by Crippen LogP contribution is -2.38. The van der Waals surface area contributed by atoms with Crippen molar-refractivity contribution in [2.45, 2.75) is 11.8 Å². The van der Waals surface area contributed by atoms with Gasteiger partial charge in [-0.05, 0) is 61.0 Å². The van der Waals surface area contributed by atoms with Crippen molar-refractivity contribution >= 4 is 27.3 Å². The third-order valence-corrected chi connectivity index (χ3v) is 6.07. The van der Waals surface area contributed by atoms with E-state index < -0.39 is 15.9 Å². The minimum absolute atomic E-state index is 0.110. The third-order valence-electron chi connectivity index (χ3n) is 4.28. The molecule has 1 N–H and O–H groups in total. The van der Waals surface area contributed by atoms with Gasteiger partial charge in [0.05, 0.1) is 17.7 Å². The molecule has 0 fully saturated rings. The minimum Gasteiger partial charge on any atom is -0.497 e. The number of hydrogen-bond donors (Lipinski definition) is 1. The molecule has 0 aliphatic carbocycles. The molecule has 0 heterocycles. The third kappa shape index (κ3) is 4.94. The molecule has 1 amide bonds. The Morgan fingerprint density at radius 3 is 2.28 bits per heavy atom. The zero-order chi connectivity index (χ0) is 20.9. The average Bonchev–Trinajstić information content (AvgIpc) is 2.73. The van der Waals surface area contributed by atoms with E-state index in [-0.39, 0.29) is 11.4 Å².